The summed E-state index contributed by atoms with van der Waals surface area (Å²) in [5.74, 6) is 0.548. The average Bonchev–Trinajstić information content (AvgIpc) is 2.66. The molecule has 0 heterocycles. The SMILES string of the molecule is CCS(=O)(=O)N(C)c1ccc(C(=O)NCCOc2ccc(C)cc2)cc1. The fraction of sp³-hybridized carbons (Fsp3) is 0.316. The molecule has 2 aromatic rings. The van der Waals surface area contributed by atoms with Crippen LogP contribution in [0.15, 0.2) is 48.5 Å². The van der Waals surface area contributed by atoms with Gasteiger partial charge in [0.15, 0.2) is 0 Å². The van der Waals surface area contributed by atoms with E-state index in [0.717, 1.165) is 11.3 Å². The molecule has 0 aliphatic heterocycles. The first-order chi connectivity index (χ1) is 12.3. The third-order valence-electron chi connectivity index (χ3n) is 3.95. The van der Waals surface area contributed by atoms with Gasteiger partial charge in [-0.15, -0.1) is 0 Å². The minimum absolute atomic E-state index is 0.0206. The van der Waals surface area contributed by atoms with Crippen molar-refractivity contribution < 1.29 is 17.9 Å². The number of aryl methyl sites for hydroxylation is 1. The summed E-state index contributed by atoms with van der Waals surface area (Å²) < 4.78 is 30.5. The number of carbonyl (C=O) groups is 1. The highest BCUT2D eigenvalue weighted by Crippen LogP contribution is 2.17. The molecule has 0 fully saturated rings. The maximum Gasteiger partial charge on any atom is 0.251 e. The van der Waals surface area contributed by atoms with Crippen LogP contribution in [0.3, 0.4) is 0 Å². The molecule has 26 heavy (non-hydrogen) atoms. The molecule has 140 valence electrons. The smallest absolute Gasteiger partial charge is 0.251 e. The number of hydrogen-bond donors (Lipinski definition) is 1. The molecule has 0 radical (unpaired) electrons. The van der Waals surface area contributed by atoms with Crippen LogP contribution in [0, 0.1) is 6.92 Å². The molecule has 0 unspecified atom stereocenters. The second-order valence-electron chi connectivity index (χ2n) is 5.83. The van der Waals surface area contributed by atoms with E-state index in [-0.39, 0.29) is 11.7 Å². The molecule has 0 saturated heterocycles. The third kappa shape index (κ3) is 5.23. The lowest BCUT2D eigenvalue weighted by Crippen LogP contribution is -2.29. The van der Waals surface area contributed by atoms with Crippen LogP contribution in [0.5, 0.6) is 5.75 Å². The van der Waals surface area contributed by atoms with E-state index in [4.69, 9.17) is 4.74 Å². The number of nitrogens with one attached hydrogen (secondary N) is 1. The number of amides is 1. The third-order valence-corrected chi connectivity index (χ3v) is 5.73. The molecule has 2 aromatic carbocycles. The van der Waals surface area contributed by atoms with Gasteiger partial charge in [0.05, 0.1) is 18.0 Å². The van der Waals surface area contributed by atoms with E-state index in [0.29, 0.717) is 24.4 Å². The predicted molar refractivity (Wildman–Crippen MR) is 103 cm³/mol. The Bertz CT molecular complexity index is 831. The van der Waals surface area contributed by atoms with Crippen LogP contribution < -0.4 is 14.4 Å². The van der Waals surface area contributed by atoms with Gasteiger partial charge in [-0.1, -0.05) is 17.7 Å². The first kappa shape index (κ1) is 19.8. The van der Waals surface area contributed by atoms with Gasteiger partial charge in [0, 0.05) is 12.6 Å². The van der Waals surface area contributed by atoms with E-state index >= 15 is 0 Å². The number of anilines is 1. The Labute approximate surface area is 154 Å². The van der Waals surface area contributed by atoms with Gasteiger partial charge < -0.3 is 10.1 Å². The zero-order valence-corrected chi connectivity index (χ0v) is 16.0. The monoisotopic (exact) mass is 376 g/mol. The number of ether oxygens (including phenoxy) is 1. The molecule has 1 N–H and O–H groups in total. The largest absolute Gasteiger partial charge is 0.492 e. The number of carbonyl (C=O) groups excluding carboxylic acids is 1. The zero-order chi connectivity index (χ0) is 19.2. The van der Waals surface area contributed by atoms with Gasteiger partial charge in [0.2, 0.25) is 10.0 Å². The standard InChI is InChI=1S/C19H24N2O4S/c1-4-26(23,24)21(3)17-9-7-16(8-10-17)19(22)20-13-14-25-18-11-5-15(2)6-12-18/h5-12H,4,13-14H2,1-3H3,(H,20,22). The van der Waals surface area contributed by atoms with Crippen LogP contribution in [-0.2, 0) is 10.0 Å². The molecule has 7 heteroatoms. The van der Waals surface area contributed by atoms with Crippen molar-refractivity contribution in [2.75, 3.05) is 30.3 Å². The van der Waals surface area contributed by atoms with Crippen molar-refractivity contribution in [3.63, 3.8) is 0 Å². The zero-order valence-electron chi connectivity index (χ0n) is 15.2. The first-order valence-electron chi connectivity index (χ1n) is 8.38. The van der Waals surface area contributed by atoms with Crippen LogP contribution in [0.4, 0.5) is 5.69 Å². The minimum atomic E-state index is -3.31. The Morgan fingerprint density at radius 3 is 2.27 bits per heavy atom. The quantitative estimate of drug-likeness (QED) is 0.719. The Morgan fingerprint density at radius 2 is 1.69 bits per heavy atom. The second-order valence-corrected chi connectivity index (χ2v) is 8.12. The molecule has 0 aliphatic rings. The molecule has 0 bridgehead atoms. The Kier molecular flexibility index (Phi) is 6.63. The highest BCUT2D eigenvalue weighted by atomic mass is 32.2. The Hall–Kier alpha value is -2.54. The van der Waals surface area contributed by atoms with Crippen LogP contribution in [0.1, 0.15) is 22.8 Å². The van der Waals surface area contributed by atoms with Crippen molar-refractivity contribution >= 4 is 21.6 Å². The van der Waals surface area contributed by atoms with Gasteiger partial charge in [-0.2, -0.15) is 0 Å². The second kappa shape index (κ2) is 8.71. The summed E-state index contributed by atoms with van der Waals surface area (Å²) in [6, 6.07) is 14.1. The van der Waals surface area contributed by atoms with Gasteiger partial charge >= 0.3 is 0 Å². The predicted octanol–water partition coefficient (Wildman–Crippen LogP) is 2.59. The highest BCUT2D eigenvalue weighted by Gasteiger charge is 2.16. The van der Waals surface area contributed by atoms with Crippen LogP contribution in [0.25, 0.3) is 0 Å². The minimum Gasteiger partial charge on any atom is -0.492 e. The fourth-order valence-electron chi connectivity index (χ4n) is 2.25. The first-order valence-corrected chi connectivity index (χ1v) is 9.98. The van der Waals surface area contributed by atoms with E-state index in [9.17, 15) is 13.2 Å². The molecule has 0 aromatic heterocycles. The average molecular weight is 376 g/mol. The van der Waals surface area contributed by atoms with Gasteiger partial charge in [-0.3, -0.25) is 9.10 Å². The van der Waals surface area contributed by atoms with Crippen molar-refractivity contribution in [3.05, 3.63) is 59.7 Å². The summed E-state index contributed by atoms with van der Waals surface area (Å²) in [7, 11) is -1.82. The van der Waals surface area contributed by atoms with Gasteiger partial charge in [-0.25, -0.2) is 8.42 Å². The van der Waals surface area contributed by atoms with E-state index in [1.807, 2.05) is 31.2 Å². The number of sulfonamides is 1. The highest BCUT2D eigenvalue weighted by molar-refractivity contribution is 7.92. The van der Waals surface area contributed by atoms with E-state index in [2.05, 4.69) is 5.32 Å². The molecule has 0 aliphatic carbocycles. The number of benzene rings is 2. The molecule has 0 spiro atoms. The Balaban J connectivity index is 1.85. The topological polar surface area (TPSA) is 75.7 Å². The summed E-state index contributed by atoms with van der Waals surface area (Å²) in [6.07, 6.45) is 0. The number of rotatable bonds is 8. The summed E-state index contributed by atoms with van der Waals surface area (Å²) in [5, 5.41) is 2.77. The molecule has 2 rings (SSSR count). The summed E-state index contributed by atoms with van der Waals surface area (Å²) in [4.78, 5) is 12.1. The van der Waals surface area contributed by atoms with E-state index in [1.165, 1.54) is 11.4 Å². The number of nitrogens with zero attached hydrogens (tertiary/aromatic N) is 1. The van der Waals surface area contributed by atoms with Crippen LogP contribution >= 0.6 is 0 Å². The lowest BCUT2D eigenvalue weighted by atomic mass is 10.2. The number of hydrogen-bond acceptors (Lipinski definition) is 4. The molecular formula is C19H24N2O4S. The fourth-order valence-corrected chi connectivity index (χ4v) is 3.08. The lowest BCUT2D eigenvalue weighted by Gasteiger charge is -2.18. The maximum atomic E-state index is 12.1. The van der Waals surface area contributed by atoms with Crippen molar-refractivity contribution in [2.45, 2.75) is 13.8 Å². The van der Waals surface area contributed by atoms with E-state index in [1.54, 1.807) is 31.2 Å². The molecule has 6 nitrogen and oxygen atoms in total. The van der Waals surface area contributed by atoms with Crippen molar-refractivity contribution in [1.82, 2.24) is 5.32 Å². The van der Waals surface area contributed by atoms with Crippen LogP contribution in [0.2, 0.25) is 0 Å². The van der Waals surface area contributed by atoms with Crippen LogP contribution in [-0.4, -0.2) is 40.3 Å². The van der Waals surface area contributed by atoms with Gasteiger partial charge in [0.25, 0.3) is 5.91 Å². The molecule has 0 atom stereocenters. The lowest BCUT2D eigenvalue weighted by molar-refractivity contribution is 0.0947. The van der Waals surface area contributed by atoms with Crippen molar-refractivity contribution in [1.29, 1.82) is 0 Å². The van der Waals surface area contributed by atoms with Crippen molar-refractivity contribution in [2.24, 2.45) is 0 Å². The van der Waals surface area contributed by atoms with Gasteiger partial charge in [-0.05, 0) is 50.2 Å². The summed E-state index contributed by atoms with van der Waals surface area (Å²) in [6.45, 7) is 4.33. The van der Waals surface area contributed by atoms with Gasteiger partial charge in [0.1, 0.15) is 12.4 Å². The molecule has 1 amide bonds. The van der Waals surface area contributed by atoms with E-state index < -0.39 is 10.0 Å². The molecule has 0 saturated carbocycles. The molecular weight excluding hydrogens is 352 g/mol. The summed E-state index contributed by atoms with van der Waals surface area (Å²) in [5.41, 5.74) is 2.14. The maximum absolute atomic E-state index is 12.1. The summed E-state index contributed by atoms with van der Waals surface area (Å²) >= 11 is 0. The van der Waals surface area contributed by atoms with Crippen molar-refractivity contribution in [3.8, 4) is 5.75 Å². The normalized spacial score (nSPS) is 11.0. The Morgan fingerprint density at radius 1 is 1.08 bits per heavy atom.